The predicted octanol–water partition coefficient (Wildman–Crippen LogP) is 2.07. The van der Waals surface area contributed by atoms with Gasteiger partial charge in [-0.1, -0.05) is 24.0 Å². The zero-order chi connectivity index (χ0) is 20.9. The third-order valence-corrected chi connectivity index (χ3v) is 7.03. The van der Waals surface area contributed by atoms with Crippen LogP contribution in [0.4, 0.5) is 0 Å². The molecule has 4 rings (SSSR count). The molecule has 0 unspecified atom stereocenters. The van der Waals surface area contributed by atoms with E-state index in [2.05, 4.69) is 33.8 Å². The van der Waals surface area contributed by atoms with Gasteiger partial charge in [0.1, 0.15) is 6.10 Å². The minimum Gasteiger partial charge on any atom is -0.395 e. The van der Waals surface area contributed by atoms with Crippen molar-refractivity contribution in [1.82, 2.24) is 9.80 Å². The molecule has 0 spiro atoms. The SMILES string of the molecule is C[C@H](O)C#Cc1ccc([C@H]2[C@@H](CO)N3CCCCN(CC4CCOCC4)C[C@@H]23)cc1. The molecule has 3 aliphatic heterocycles. The maximum Gasteiger partial charge on any atom is 0.112 e. The number of fused-ring (bicyclic) bond motifs is 1. The van der Waals surface area contributed by atoms with Crippen LogP contribution in [0.5, 0.6) is 0 Å². The van der Waals surface area contributed by atoms with E-state index in [0.717, 1.165) is 37.8 Å². The first-order chi connectivity index (χ1) is 14.7. The summed E-state index contributed by atoms with van der Waals surface area (Å²) in [6.07, 6.45) is 4.20. The van der Waals surface area contributed by atoms with Crippen molar-refractivity contribution in [2.75, 3.05) is 46.0 Å². The van der Waals surface area contributed by atoms with Gasteiger partial charge in [-0.2, -0.15) is 0 Å². The Hall–Kier alpha value is -1.42. The van der Waals surface area contributed by atoms with Crippen LogP contribution in [0, 0.1) is 17.8 Å². The third-order valence-electron chi connectivity index (χ3n) is 7.03. The van der Waals surface area contributed by atoms with Crippen LogP contribution in [0.15, 0.2) is 24.3 Å². The number of nitrogens with zero attached hydrogens (tertiary/aromatic N) is 2. The van der Waals surface area contributed by atoms with Gasteiger partial charge in [0.05, 0.1) is 6.61 Å². The number of benzene rings is 1. The van der Waals surface area contributed by atoms with Crippen molar-refractivity contribution in [2.24, 2.45) is 5.92 Å². The zero-order valence-corrected chi connectivity index (χ0v) is 18.2. The predicted molar refractivity (Wildman–Crippen MR) is 118 cm³/mol. The van der Waals surface area contributed by atoms with Gasteiger partial charge in [-0.25, -0.2) is 0 Å². The maximum absolute atomic E-state index is 10.1. The second-order valence-electron chi connectivity index (χ2n) is 9.17. The van der Waals surface area contributed by atoms with Gasteiger partial charge in [0, 0.05) is 49.9 Å². The fourth-order valence-electron chi connectivity index (χ4n) is 5.45. The van der Waals surface area contributed by atoms with E-state index in [1.54, 1.807) is 6.92 Å². The number of aliphatic hydroxyl groups excluding tert-OH is 2. The molecule has 1 aromatic rings. The monoisotopic (exact) mass is 412 g/mol. The number of rotatable bonds is 4. The molecule has 5 nitrogen and oxygen atoms in total. The molecule has 0 amide bonds. The van der Waals surface area contributed by atoms with Crippen LogP contribution in [-0.4, -0.2) is 84.2 Å². The molecule has 164 valence electrons. The second-order valence-corrected chi connectivity index (χ2v) is 9.17. The number of aliphatic hydroxyl groups is 2. The van der Waals surface area contributed by atoms with E-state index in [9.17, 15) is 10.2 Å². The van der Waals surface area contributed by atoms with Crippen LogP contribution in [0.25, 0.3) is 0 Å². The van der Waals surface area contributed by atoms with Gasteiger partial charge >= 0.3 is 0 Å². The number of hydrogen-bond donors (Lipinski definition) is 2. The average Bonchev–Trinajstić information content (AvgIpc) is 2.74. The van der Waals surface area contributed by atoms with Gasteiger partial charge < -0.3 is 19.8 Å². The van der Waals surface area contributed by atoms with Crippen LogP contribution in [-0.2, 0) is 4.74 Å². The molecule has 5 heteroatoms. The van der Waals surface area contributed by atoms with E-state index in [4.69, 9.17) is 4.74 Å². The summed E-state index contributed by atoms with van der Waals surface area (Å²) in [6, 6.07) is 9.11. The van der Waals surface area contributed by atoms with Crippen molar-refractivity contribution in [2.45, 2.75) is 56.7 Å². The first-order valence-electron chi connectivity index (χ1n) is 11.6. The molecule has 0 saturated carbocycles. The largest absolute Gasteiger partial charge is 0.395 e. The highest BCUT2D eigenvalue weighted by molar-refractivity contribution is 5.39. The van der Waals surface area contributed by atoms with Crippen molar-refractivity contribution in [3.05, 3.63) is 35.4 Å². The Labute approximate surface area is 181 Å². The molecule has 2 N–H and O–H groups in total. The van der Waals surface area contributed by atoms with E-state index in [0.29, 0.717) is 12.0 Å². The first kappa shape index (κ1) is 21.8. The molecular weight excluding hydrogens is 376 g/mol. The van der Waals surface area contributed by atoms with Crippen LogP contribution >= 0.6 is 0 Å². The number of hydrogen-bond acceptors (Lipinski definition) is 5. The molecule has 0 aromatic heterocycles. The Bertz CT molecular complexity index is 733. The van der Waals surface area contributed by atoms with Crippen molar-refractivity contribution in [3.63, 3.8) is 0 Å². The van der Waals surface area contributed by atoms with E-state index in [1.165, 1.54) is 44.3 Å². The summed E-state index contributed by atoms with van der Waals surface area (Å²) < 4.78 is 5.55. The summed E-state index contributed by atoms with van der Waals surface area (Å²) in [7, 11) is 0. The lowest BCUT2D eigenvalue weighted by Crippen LogP contribution is -2.67. The molecule has 3 heterocycles. The van der Waals surface area contributed by atoms with Crippen LogP contribution in [0.3, 0.4) is 0 Å². The van der Waals surface area contributed by atoms with Gasteiger partial charge in [0.2, 0.25) is 0 Å². The lowest BCUT2D eigenvalue weighted by Gasteiger charge is -2.57. The Balaban J connectivity index is 1.47. The molecule has 0 radical (unpaired) electrons. The molecule has 30 heavy (non-hydrogen) atoms. The average molecular weight is 413 g/mol. The minimum atomic E-state index is -0.611. The van der Waals surface area contributed by atoms with E-state index in [1.807, 2.05) is 12.1 Å². The summed E-state index contributed by atoms with van der Waals surface area (Å²) in [5, 5.41) is 19.5. The van der Waals surface area contributed by atoms with E-state index < -0.39 is 6.10 Å². The van der Waals surface area contributed by atoms with Gasteiger partial charge in [0.25, 0.3) is 0 Å². The standard InChI is InChI=1S/C25H36N2O3/c1-19(29)4-5-20-6-8-22(9-7-20)25-23-17-26(16-21-10-14-30-15-11-21)12-2-3-13-27(23)24(25)18-28/h6-9,19,21,23-25,28-29H,2-3,10-18H2,1H3/t19-,23-,24+,25+/m0/s1. The Morgan fingerprint density at radius 1 is 1.13 bits per heavy atom. The summed E-state index contributed by atoms with van der Waals surface area (Å²) in [4.78, 5) is 5.22. The maximum atomic E-state index is 10.1. The second kappa shape index (κ2) is 10.3. The molecular formula is C25H36N2O3. The molecule has 0 aliphatic carbocycles. The number of ether oxygens (including phenoxy) is 1. The zero-order valence-electron chi connectivity index (χ0n) is 18.2. The normalized spacial score (nSPS) is 29.6. The fourth-order valence-corrected chi connectivity index (χ4v) is 5.45. The highest BCUT2D eigenvalue weighted by atomic mass is 16.5. The quantitative estimate of drug-likeness (QED) is 0.742. The van der Waals surface area contributed by atoms with Crippen LogP contribution in [0.2, 0.25) is 0 Å². The molecule has 3 saturated heterocycles. The highest BCUT2D eigenvalue weighted by Gasteiger charge is 2.49. The Morgan fingerprint density at radius 2 is 1.87 bits per heavy atom. The smallest absolute Gasteiger partial charge is 0.112 e. The topological polar surface area (TPSA) is 56.2 Å². The van der Waals surface area contributed by atoms with Crippen molar-refractivity contribution >= 4 is 0 Å². The van der Waals surface area contributed by atoms with Crippen LogP contribution < -0.4 is 0 Å². The van der Waals surface area contributed by atoms with Gasteiger partial charge in [-0.15, -0.1) is 0 Å². The summed E-state index contributed by atoms with van der Waals surface area (Å²) in [5.41, 5.74) is 2.22. The molecule has 1 aromatic carbocycles. The summed E-state index contributed by atoms with van der Waals surface area (Å²) in [6.45, 7) is 8.25. The van der Waals surface area contributed by atoms with Gasteiger partial charge in [0.15, 0.2) is 0 Å². The Kier molecular flexibility index (Phi) is 7.45. The van der Waals surface area contributed by atoms with Crippen molar-refractivity contribution in [3.8, 4) is 11.8 Å². The molecule has 3 aliphatic rings. The van der Waals surface area contributed by atoms with Crippen LogP contribution in [0.1, 0.15) is 49.7 Å². The summed E-state index contributed by atoms with van der Waals surface area (Å²) in [5.74, 6) is 6.95. The van der Waals surface area contributed by atoms with Gasteiger partial charge in [-0.05, 0) is 69.3 Å². The molecule has 0 bridgehead atoms. The van der Waals surface area contributed by atoms with Gasteiger partial charge in [-0.3, -0.25) is 4.90 Å². The third kappa shape index (κ3) is 5.07. The lowest BCUT2D eigenvalue weighted by molar-refractivity contribution is -0.0677. The molecule has 4 atom stereocenters. The summed E-state index contributed by atoms with van der Waals surface area (Å²) >= 11 is 0. The van der Waals surface area contributed by atoms with Crippen molar-refractivity contribution < 1.29 is 14.9 Å². The minimum absolute atomic E-state index is 0.213. The Morgan fingerprint density at radius 3 is 2.57 bits per heavy atom. The first-order valence-corrected chi connectivity index (χ1v) is 11.6. The molecule has 3 fully saturated rings. The van der Waals surface area contributed by atoms with E-state index >= 15 is 0 Å². The highest BCUT2D eigenvalue weighted by Crippen LogP contribution is 2.42. The fraction of sp³-hybridized carbons (Fsp3) is 0.680. The lowest BCUT2D eigenvalue weighted by atomic mass is 9.74. The van der Waals surface area contributed by atoms with E-state index in [-0.39, 0.29) is 12.6 Å². The van der Waals surface area contributed by atoms with Crippen molar-refractivity contribution in [1.29, 1.82) is 0 Å².